The second-order valence-electron chi connectivity index (χ2n) is 6.89. The van der Waals surface area contributed by atoms with E-state index < -0.39 is 0 Å². The Morgan fingerprint density at radius 3 is 2.44 bits per heavy atom. The van der Waals surface area contributed by atoms with Crippen LogP contribution in [-0.2, 0) is 5.41 Å². The molecule has 0 saturated heterocycles. The standard InChI is InChI=1S/C20H20N2O2S/c1-20(2,3)15-8-6-13(7-9-15)18(23)22-16-11-14(12-21-19(16)24)17-5-4-10-25-17/h4-12H,1-3H3,(H,21,24)(H,22,23). The maximum Gasteiger partial charge on any atom is 0.271 e. The molecule has 4 nitrogen and oxygen atoms in total. The lowest BCUT2D eigenvalue weighted by molar-refractivity contribution is 0.102. The molecule has 0 aliphatic heterocycles. The van der Waals surface area contributed by atoms with Gasteiger partial charge in [0.1, 0.15) is 5.69 Å². The molecule has 25 heavy (non-hydrogen) atoms. The van der Waals surface area contributed by atoms with Crippen LogP contribution in [0, 0.1) is 0 Å². The maximum atomic E-state index is 12.5. The third kappa shape index (κ3) is 3.88. The van der Waals surface area contributed by atoms with Crippen molar-refractivity contribution < 1.29 is 4.79 Å². The molecule has 3 rings (SSSR count). The highest BCUT2D eigenvalue weighted by Crippen LogP contribution is 2.25. The lowest BCUT2D eigenvalue weighted by Crippen LogP contribution is -2.20. The van der Waals surface area contributed by atoms with Gasteiger partial charge in [-0.3, -0.25) is 9.59 Å². The first-order valence-electron chi connectivity index (χ1n) is 8.03. The van der Waals surface area contributed by atoms with Crippen molar-refractivity contribution in [2.45, 2.75) is 26.2 Å². The fraction of sp³-hybridized carbons (Fsp3) is 0.200. The van der Waals surface area contributed by atoms with Gasteiger partial charge in [-0.1, -0.05) is 39.0 Å². The highest BCUT2D eigenvalue weighted by Gasteiger charge is 2.15. The summed E-state index contributed by atoms with van der Waals surface area (Å²) in [4.78, 5) is 28.2. The highest BCUT2D eigenvalue weighted by atomic mass is 32.1. The Labute approximate surface area is 150 Å². The van der Waals surface area contributed by atoms with Crippen molar-refractivity contribution in [3.8, 4) is 10.4 Å². The van der Waals surface area contributed by atoms with Crippen LogP contribution in [0.3, 0.4) is 0 Å². The number of thiophene rings is 1. The van der Waals surface area contributed by atoms with E-state index >= 15 is 0 Å². The predicted molar refractivity (Wildman–Crippen MR) is 103 cm³/mol. The van der Waals surface area contributed by atoms with Crippen LogP contribution in [-0.4, -0.2) is 10.9 Å². The zero-order chi connectivity index (χ0) is 18.0. The lowest BCUT2D eigenvalue weighted by Gasteiger charge is -2.19. The van der Waals surface area contributed by atoms with Gasteiger partial charge in [-0.2, -0.15) is 0 Å². The van der Waals surface area contributed by atoms with Crippen LogP contribution in [0.5, 0.6) is 0 Å². The van der Waals surface area contributed by atoms with Crippen molar-refractivity contribution in [1.82, 2.24) is 4.98 Å². The van der Waals surface area contributed by atoms with Crippen molar-refractivity contribution in [2.75, 3.05) is 5.32 Å². The molecule has 0 bridgehead atoms. The van der Waals surface area contributed by atoms with Gasteiger partial charge in [0.2, 0.25) is 0 Å². The maximum absolute atomic E-state index is 12.5. The number of H-pyrrole nitrogens is 1. The summed E-state index contributed by atoms with van der Waals surface area (Å²) in [5.41, 5.74) is 2.50. The Balaban J connectivity index is 1.83. The number of aromatic nitrogens is 1. The summed E-state index contributed by atoms with van der Waals surface area (Å²) < 4.78 is 0. The first kappa shape index (κ1) is 17.2. The number of aromatic amines is 1. The summed E-state index contributed by atoms with van der Waals surface area (Å²) in [7, 11) is 0. The Kier molecular flexibility index (Phi) is 4.59. The Hall–Kier alpha value is -2.66. The number of hydrogen-bond donors (Lipinski definition) is 2. The summed E-state index contributed by atoms with van der Waals surface area (Å²) in [6.45, 7) is 6.37. The molecule has 0 radical (unpaired) electrons. The predicted octanol–water partition coefficient (Wildman–Crippen LogP) is 4.65. The quantitative estimate of drug-likeness (QED) is 0.720. The molecular weight excluding hydrogens is 332 g/mol. The molecule has 1 amide bonds. The van der Waals surface area contributed by atoms with E-state index in [-0.39, 0.29) is 22.6 Å². The van der Waals surface area contributed by atoms with Crippen molar-refractivity contribution in [2.24, 2.45) is 0 Å². The lowest BCUT2D eigenvalue weighted by atomic mass is 9.87. The van der Waals surface area contributed by atoms with Gasteiger partial charge in [-0.15, -0.1) is 11.3 Å². The SMILES string of the molecule is CC(C)(C)c1ccc(C(=O)Nc2cc(-c3cccs3)c[nH]c2=O)cc1. The summed E-state index contributed by atoms with van der Waals surface area (Å²) in [6.07, 6.45) is 1.65. The van der Waals surface area contributed by atoms with Gasteiger partial charge in [0, 0.05) is 22.2 Å². The van der Waals surface area contributed by atoms with Crippen LogP contribution in [0.1, 0.15) is 36.7 Å². The zero-order valence-corrected chi connectivity index (χ0v) is 15.2. The molecule has 0 aliphatic carbocycles. The zero-order valence-electron chi connectivity index (χ0n) is 14.4. The number of carbonyl (C=O) groups is 1. The summed E-state index contributed by atoms with van der Waals surface area (Å²) in [6, 6.07) is 13.1. The van der Waals surface area contributed by atoms with Crippen molar-refractivity contribution >= 4 is 22.9 Å². The van der Waals surface area contributed by atoms with E-state index in [0.717, 1.165) is 16.0 Å². The molecule has 0 aliphatic rings. The second-order valence-corrected chi connectivity index (χ2v) is 7.84. The number of rotatable bonds is 3. The molecule has 2 heterocycles. The van der Waals surface area contributed by atoms with Gasteiger partial charge in [0.25, 0.3) is 11.5 Å². The van der Waals surface area contributed by atoms with E-state index in [9.17, 15) is 9.59 Å². The van der Waals surface area contributed by atoms with Crippen LogP contribution in [0.4, 0.5) is 5.69 Å². The van der Waals surface area contributed by atoms with Crippen molar-refractivity contribution in [3.05, 3.63) is 75.5 Å². The molecule has 0 saturated carbocycles. The Bertz CT molecular complexity index is 933. The van der Waals surface area contributed by atoms with Gasteiger partial charge >= 0.3 is 0 Å². The number of nitrogens with one attached hydrogen (secondary N) is 2. The van der Waals surface area contributed by atoms with Gasteiger partial charge in [-0.25, -0.2) is 0 Å². The molecule has 2 N–H and O–H groups in total. The van der Waals surface area contributed by atoms with E-state index in [0.29, 0.717) is 5.56 Å². The van der Waals surface area contributed by atoms with Gasteiger partial charge in [0.15, 0.2) is 0 Å². The normalized spacial score (nSPS) is 11.3. The minimum atomic E-state index is -0.319. The first-order valence-corrected chi connectivity index (χ1v) is 8.91. The number of amides is 1. The van der Waals surface area contributed by atoms with E-state index in [1.807, 2.05) is 29.6 Å². The average Bonchev–Trinajstić information content (AvgIpc) is 3.10. The van der Waals surface area contributed by atoms with Gasteiger partial charge in [-0.05, 0) is 40.6 Å². The summed E-state index contributed by atoms with van der Waals surface area (Å²) >= 11 is 1.57. The molecule has 128 valence electrons. The van der Waals surface area contributed by atoms with E-state index in [4.69, 9.17) is 0 Å². The molecule has 3 aromatic rings. The van der Waals surface area contributed by atoms with Crippen LogP contribution in [0.15, 0.2) is 58.8 Å². The van der Waals surface area contributed by atoms with Gasteiger partial charge < -0.3 is 10.3 Å². The van der Waals surface area contributed by atoms with Crippen molar-refractivity contribution in [3.63, 3.8) is 0 Å². The summed E-state index contributed by atoms with van der Waals surface area (Å²) in [5, 5.41) is 4.68. The third-order valence-corrected chi connectivity index (χ3v) is 4.89. The molecule has 0 atom stereocenters. The smallest absolute Gasteiger partial charge is 0.271 e. The van der Waals surface area contributed by atoms with E-state index in [2.05, 4.69) is 31.1 Å². The minimum Gasteiger partial charge on any atom is -0.327 e. The molecule has 1 aromatic carbocycles. The van der Waals surface area contributed by atoms with Crippen LogP contribution < -0.4 is 10.9 Å². The number of anilines is 1. The Morgan fingerprint density at radius 2 is 1.84 bits per heavy atom. The number of pyridine rings is 1. The van der Waals surface area contributed by atoms with Crippen LogP contribution in [0.2, 0.25) is 0 Å². The Morgan fingerprint density at radius 1 is 1.12 bits per heavy atom. The largest absolute Gasteiger partial charge is 0.327 e. The molecule has 0 fully saturated rings. The van der Waals surface area contributed by atoms with Crippen LogP contribution >= 0.6 is 11.3 Å². The molecular formula is C20H20N2O2S. The molecule has 0 unspecified atom stereocenters. The molecule has 5 heteroatoms. The minimum absolute atomic E-state index is 0.0290. The fourth-order valence-corrected chi connectivity index (χ4v) is 3.19. The average molecular weight is 352 g/mol. The van der Waals surface area contributed by atoms with Crippen LogP contribution in [0.25, 0.3) is 10.4 Å². The number of hydrogen-bond acceptors (Lipinski definition) is 3. The van der Waals surface area contributed by atoms with Gasteiger partial charge in [0.05, 0.1) is 0 Å². The fourth-order valence-electron chi connectivity index (χ4n) is 2.48. The summed E-state index contributed by atoms with van der Waals surface area (Å²) in [5.74, 6) is -0.297. The first-order chi connectivity index (χ1) is 11.8. The second kappa shape index (κ2) is 6.69. The molecule has 2 aromatic heterocycles. The highest BCUT2D eigenvalue weighted by molar-refractivity contribution is 7.13. The number of carbonyl (C=O) groups excluding carboxylic acids is 1. The molecule has 0 spiro atoms. The van der Waals surface area contributed by atoms with E-state index in [1.165, 1.54) is 0 Å². The van der Waals surface area contributed by atoms with Crippen molar-refractivity contribution in [1.29, 1.82) is 0 Å². The third-order valence-electron chi connectivity index (χ3n) is 3.97. The topological polar surface area (TPSA) is 62.0 Å². The monoisotopic (exact) mass is 352 g/mol. The number of benzene rings is 1. The van der Waals surface area contributed by atoms with E-state index in [1.54, 1.807) is 35.7 Å².